The van der Waals surface area contributed by atoms with Crippen LogP contribution in [0.4, 0.5) is 18.9 Å². The first-order valence-electron chi connectivity index (χ1n) is 10.1. The number of alkyl halides is 3. The monoisotopic (exact) mass is 413 g/mol. The Hall–Kier alpha value is -2.09. The summed E-state index contributed by atoms with van der Waals surface area (Å²) in [6.07, 6.45) is -0.402. The number of likely N-dealkylation sites (N-methyl/N-ethyl adjacent to an activating group) is 2. The molecule has 0 heterocycles. The highest BCUT2D eigenvalue weighted by atomic mass is 19.4. The first kappa shape index (κ1) is 23.2. The first-order valence-corrected chi connectivity index (χ1v) is 10.1. The number of benzene rings is 1. The third-order valence-corrected chi connectivity index (χ3v) is 5.61. The van der Waals surface area contributed by atoms with Gasteiger partial charge >= 0.3 is 6.18 Å². The molecule has 8 heteroatoms. The third kappa shape index (κ3) is 6.73. The standard InChI is InChI=1S/C21H30F3N3O2/c1-4-27(14-20(29)26(3)16-11-9-15(2)10-12-16)13-19(28)25-18-8-6-5-7-17(18)21(22,23)24/h5-8,15-16H,4,9-14H2,1-3H3,(H,25,28). The summed E-state index contributed by atoms with van der Waals surface area (Å²) in [5, 5.41) is 2.33. The maximum absolute atomic E-state index is 13.1. The van der Waals surface area contributed by atoms with Gasteiger partial charge in [-0.15, -0.1) is 0 Å². The Morgan fingerprint density at radius 3 is 2.31 bits per heavy atom. The molecule has 0 aliphatic heterocycles. The van der Waals surface area contributed by atoms with Crippen molar-refractivity contribution in [3.05, 3.63) is 29.8 Å². The predicted molar refractivity (Wildman–Crippen MR) is 106 cm³/mol. The zero-order valence-electron chi connectivity index (χ0n) is 17.3. The summed E-state index contributed by atoms with van der Waals surface area (Å²) in [6, 6.07) is 5.07. The molecule has 1 aromatic carbocycles. The number of amides is 2. The van der Waals surface area contributed by atoms with Crippen LogP contribution in [0.5, 0.6) is 0 Å². The molecule has 162 valence electrons. The van der Waals surface area contributed by atoms with Crippen LogP contribution < -0.4 is 5.32 Å². The lowest BCUT2D eigenvalue weighted by atomic mass is 9.87. The van der Waals surface area contributed by atoms with E-state index in [9.17, 15) is 22.8 Å². The average Bonchev–Trinajstić information content (AvgIpc) is 2.67. The molecule has 5 nitrogen and oxygen atoms in total. The van der Waals surface area contributed by atoms with E-state index in [1.807, 2.05) is 6.92 Å². The van der Waals surface area contributed by atoms with Crippen LogP contribution in [-0.2, 0) is 15.8 Å². The van der Waals surface area contributed by atoms with Gasteiger partial charge in [0.15, 0.2) is 0 Å². The van der Waals surface area contributed by atoms with Crippen molar-refractivity contribution in [3.8, 4) is 0 Å². The van der Waals surface area contributed by atoms with Gasteiger partial charge in [-0.3, -0.25) is 14.5 Å². The van der Waals surface area contributed by atoms with E-state index in [-0.39, 0.29) is 30.7 Å². The van der Waals surface area contributed by atoms with Crippen LogP contribution in [0, 0.1) is 5.92 Å². The summed E-state index contributed by atoms with van der Waals surface area (Å²) in [7, 11) is 1.79. The minimum atomic E-state index is -4.55. The molecular formula is C21H30F3N3O2. The van der Waals surface area contributed by atoms with Gasteiger partial charge in [0.25, 0.3) is 0 Å². The molecule has 0 bridgehead atoms. The number of hydrogen-bond acceptors (Lipinski definition) is 3. The second-order valence-electron chi connectivity index (χ2n) is 7.81. The molecule has 0 atom stereocenters. The normalized spacial score (nSPS) is 19.8. The van der Waals surface area contributed by atoms with Crippen LogP contribution in [0.3, 0.4) is 0 Å². The van der Waals surface area contributed by atoms with Gasteiger partial charge < -0.3 is 10.2 Å². The Bertz CT molecular complexity index is 701. The Balaban J connectivity index is 1.92. The molecule has 0 radical (unpaired) electrons. The maximum Gasteiger partial charge on any atom is 0.418 e. The molecule has 0 unspecified atom stereocenters. The zero-order chi connectivity index (χ0) is 21.6. The molecule has 1 aromatic rings. The fourth-order valence-electron chi connectivity index (χ4n) is 3.65. The smallest absolute Gasteiger partial charge is 0.342 e. The molecule has 0 aromatic heterocycles. The van der Waals surface area contributed by atoms with Crippen molar-refractivity contribution in [2.45, 2.75) is 51.7 Å². The van der Waals surface area contributed by atoms with Crippen LogP contribution in [0.1, 0.15) is 45.1 Å². The number of nitrogens with one attached hydrogen (secondary N) is 1. The van der Waals surface area contributed by atoms with E-state index in [0.717, 1.165) is 31.7 Å². The topological polar surface area (TPSA) is 52.7 Å². The summed E-state index contributed by atoms with van der Waals surface area (Å²) in [5.74, 6) is 0.0329. The van der Waals surface area contributed by atoms with Crippen molar-refractivity contribution in [2.75, 3.05) is 32.0 Å². The maximum atomic E-state index is 13.1. The fourth-order valence-corrected chi connectivity index (χ4v) is 3.65. The van der Waals surface area contributed by atoms with Gasteiger partial charge in [-0.25, -0.2) is 0 Å². The molecule has 1 N–H and O–H groups in total. The van der Waals surface area contributed by atoms with Crippen LogP contribution in [-0.4, -0.2) is 54.3 Å². The van der Waals surface area contributed by atoms with E-state index in [1.165, 1.54) is 18.2 Å². The van der Waals surface area contributed by atoms with Gasteiger partial charge in [0.2, 0.25) is 11.8 Å². The van der Waals surface area contributed by atoms with Crippen LogP contribution >= 0.6 is 0 Å². The number of halogens is 3. The fraction of sp³-hybridized carbons (Fsp3) is 0.619. The number of hydrogen-bond donors (Lipinski definition) is 1. The average molecular weight is 413 g/mol. The van der Waals surface area contributed by atoms with E-state index < -0.39 is 17.6 Å². The van der Waals surface area contributed by atoms with Gasteiger partial charge in [0, 0.05) is 13.1 Å². The Morgan fingerprint density at radius 1 is 1.10 bits per heavy atom. The van der Waals surface area contributed by atoms with Crippen molar-refractivity contribution in [1.29, 1.82) is 0 Å². The van der Waals surface area contributed by atoms with Gasteiger partial charge in [0.05, 0.1) is 24.3 Å². The second-order valence-corrected chi connectivity index (χ2v) is 7.81. The van der Waals surface area contributed by atoms with Crippen molar-refractivity contribution in [1.82, 2.24) is 9.80 Å². The van der Waals surface area contributed by atoms with E-state index in [1.54, 1.807) is 16.8 Å². The highest BCUT2D eigenvalue weighted by molar-refractivity contribution is 5.93. The summed E-state index contributed by atoms with van der Waals surface area (Å²) >= 11 is 0. The van der Waals surface area contributed by atoms with Gasteiger partial charge in [-0.2, -0.15) is 13.2 Å². The number of para-hydroxylation sites is 1. The first-order chi connectivity index (χ1) is 13.6. The predicted octanol–water partition coefficient (Wildman–Crippen LogP) is 4.00. The Morgan fingerprint density at radius 2 is 1.72 bits per heavy atom. The molecule has 29 heavy (non-hydrogen) atoms. The Kier molecular flexibility index (Phi) is 8.07. The molecule has 1 aliphatic rings. The van der Waals surface area contributed by atoms with E-state index in [0.29, 0.717) is 12.5 Å². The molecule has 1 fully saturated rings. The number of anilines is 1. The molecular weight excluding hydrogens is 383 g/mol. The summed E-state index contributed by atoms with van der Waals surface area (Å²) in [5.41, 5.74) is -1.17. The van der Waals surface area contributed by atoms with Crippen LogP contribution in [0.15, 0.2) is 24.3 Å². The van der Waals surface area contributed by atoms with E-state index >= 15 is 0 Å². The molecule has 0 saturated heterocycles. The van der Waals surface area contributed by atoms with Gasteiger partial charge in [0.1, 0.15) is 0 Å². The van der Waals surface area contributed by atoms with Crippen LogP contribution in [0.25, 0.3) is 0 Å². The SMILES string of the molecule is CCN(CC(=O)Nc1ccccc1C(F)(F)F)CC(=O)N(C)C1CCC(C)CC1. The van der Waals surface area contributed by atoms with E-state index in [4.69, 9.17) is 0 Å². The number of carbonyl (C=O) groups is 2. The minimum absolute atomic E-state index is 0.0629. The van der Waals surface area contributed by atoms with Crippen molar-refractivity contribution < 1.29 is 22.8 Å². The molecule has 0 spiro atoms. The number of carbonyl (C=O) groups excluding carboxylic acids is 2. The summed E-state index contributed by atoms with van der Waals surface area (Å²) < 4.78 is 39.2. The second kappa shape index (κ2) is 10.1. The highest BCUT2D eigenvalue weighted by Crippen LogP contribution is 2.34. The lowest BCUT2D eigenvalue weighted by Crippen LogP contribution is -2.46. The van der Waals surface area contributed by atoms with Crippen molar-refractivity contribution in [2.24, 2.45) is 5.92 Å². The lowest BCUT2D eigenvalue weighted by molar-refractivity contribution is -0.137. The largest absolute Gasteiger partial charge is 0.418 e. The van der Waals surface area contributed by atoms with E-state index in [2.05, 4.69) is 12.2 Å². The minimum Gasteiger partial charge on any atom is -0.342 e. The van der Waals surface area contributed by atoms with Gasteiger partial charge in [-0.1, -0.05) is 26.0 Å². The molecule has 2 amide bonds. The van der Waals surface area contributed by atoms with Crippen LogP contribution in [0.2, 0.25) is 0 Å². The molecule has 1 saturated carbocycles. The quantitative estimate of drug-likeness (QED) is 0.735. The lowest BCUT2D eigenvalue weighted by Gasteiger charge is -2.34. The number of rotatable bonds is 7. The zero-order valence-corrected chi connectivity index (χ0v) is 17.3. The number of nitrogens with zero attached hydrogens (tertiary/aromatic N) is 2. The Labute approximate surface area is 170 Å². The third-order valence-electron chi connectivity index (χ3n) is 5.61. The molecule has 2 rings (SSSR count). The highest BCUT2D eigenvalue weighted by Gasteiger charge is 2.33. The summed E-state index contributed by atoms with van der Waals surface area (Å²) in [4.78, 5) is 28.3. The van der Waals surface area contributed by atoms with Gasteiger partial charge in [-0.05, 0) is 50.3 Å². The summed E-state index contributed by atoms with van der Waals surface area (Å²) in [6.45, 7) is 4.38. The van der Waals surface area contributed by atoms with Crippen molar-refractivity contribution in [3.63, 3.8) is 0 Å². The molecule has 1 aliphatic carbocycles. The van der Waals surface area contributed by atoms with Crippen molar-refractivity contribution >= 4 is 17.5 Å².